The van der Waals surface area contributed by atoms with E-state index in [-0.39, 0.29) is 5.41 Å². The number of rotatable bonds is 7. The molecule has 38 heavy (non-hydrogen) atoms. The van der Waals surface area contributed by atoms with Crippen molar-refractivity contribution in [3.05, 3.63) is 58.4 Å². The highest BCUT2D eigenvalue weighted by Crippen LogP contribution is 2.46. The second-order valence-electron chi connectivity index (χ2n) is 12.4. The SMILES string of the molecule is CN(C)CC1(COc2nc3c(c([C@@H]4C[C@H]5CC[C@@H](C4)N5)n2)CCN(c2cccc4cccc(Cl)c24)C3)CC1. The van der Waals surface area contributed by atoms with Gasteiger partial charge >= 0.3 is 6.01 Å². The van der Waals surface area contributed by atoms with E-state index >= 15 is 0 Å². The fraction of sp³-hybridized carbons (Fsp3) is 0.548. The summed E-state index contributed by atoms with van der Waals surface area (Å²) in [4.78, 5) is 15.0. The summed E-state index contributed by atoms with van der Waals surface area (Å²) in [7, 11) is 4.29. The molecule has 7 rings (SSSR count). The largest absolute Gasteiger partial charge is 0.463 e. The molecule has 2 bridgehead atoms. The second kappa shape index (κ2) is 9.65. The summed E-state index contributed by atoms with van der Waals surface area (Å²) in [6, 6.07) is 14.5. The molecule has 3 aliphatic heterocycles. The lowest BCUT2D eigenvalue weighted by molar-refractivity contribution is 0.181. The number of halogens is 1. The van der Waals surface area contributed by atoms with E-state index in [1.165, 1.54) is 60.9 Å². The minimum Gasteiger partial charge on any atom is -0.463 e. The standard InChI is InChI=1S/C31H38ClN5O/c1-36(2)18-31(12-13-31)19-38-30-34-26-17-37(27-8-4-6-20-5-3-7-25(32)28(20)27)14-11-24(26)29(35-30)21-15-22-9-10-23(16-21)33-22/h3-8,21-23,33H,9-19H2,1-2H3/t21-,22-,23+. The molecule has 1 aromatic heterocycles. The molecule has 1 N–H and O–H groups in total. The van der Waals surface area contributed by atoms with E-state index in [0.717, 1.165) is 42.2 Å². The van der Waals surface area contributed by atoms with Gasteiger partial charge in [0, 0.05) is 47.6 Å². The van der Waals surface area contributed by atoms with Crippen molar-refractivity contribution in [3.63, 3.8) is 0 Å². The molecule has 2 saturated heterocycles. The van der Waals surface area contributed by atoms with E-state index in [9.17, 15) is 0 Å². The third-order valence-corrected chi connectivity index (χ3v) is 9.54. The third kappa shape index (κ3) is 4.65. The Hall–Kier alpha value is -2.41. The first-order valence-electron chi connectivity index (χ1n) is 14.3. The molecular formula is C31H38ClN5O. The molecule has 4 heterocycles. The first kappa shape index (κ1) is 24.6. The van der Waals surface area contributed by atoms with Crippen molar-refractivity contribution >= 4 is 28.1 Å². The molecule has 3 aromatic rings. The highest BCUT2D eigenvalue weighted by Gasteiger charge is 2.44. The van der Waals surface area contributed by atoms with Crippen molar-refractivity contribution < 1.29 is 4.74 Å². The Morgan fingerprint density at radius 3 is 2.58 bits per heavy atom. The number of benzene rings is 2. The van der Waals surface area contributed by atoms with Gasteiger partial charge in [-0.15, -0.1) is 0 Å². The van der Waals surface area contributed by atoms with Gasteiger partial charge in [-0.2, -0.15) is 9.97 Å². The van der Waals surface area contributed by atoms with Crippen LogP contribution in [0.2, 0.25) is 5.02 Å². The van der Waals surface area contributed by atoms with E-state index in [2.05, 4.69) is 53.5 Å². The molecule has 2 aromatic carbocycles. The van der Waals surface area contributed by atoms with Gasteiger partial charge in [0.1, 0.15) is 0 Å². The van der Waals surface area contributed by atoms with Crippen molar-refractivity contribution in [2.24, 2.45) is 5.41 Å². The van der Waals surface area contributed by atoms with Crippen molar-refractivity contribution in [1.82, 2.24) is 20.2 Å². The van der Waals surface area contributed by atoms with E-state index in [1.54, 1.807) is 0 Å². The highest BCUT2D eigenvalue weighted by atomic mass is 35.5. The lowest BCUT2D eigenvalue weighted by atomic mass is 9.85. The molecule has 0 spiro atoms. The van der Waals surface area contributed by atoms with Crippen LogP contribution in [0.4, 0.5) is 5.69 Å². The summed E-state index contributed by atoms with van der Waals surface area (Å²) in [5, 5.41) is 6.91. The normalized spacial score (nSPS) is 25.6. The first-order chi connectivity index (χ1) is 18.5. The van der Waals surface area contributed by atoms with Gasteiger partial charge in [-0.1, -0.05) is 35.9 Å². The number of ether oxygens (including phenoxy) is 1. The summed E-state index contributed by atoms with van der Waals surface area (Å²) in [5.74, 6) is 0.489. The molecule has 200 valence electrons. The topological polar surface area (TPSA) is 53.5 Å². The number of anilines is 1. The lowest BCUT2D eigenvalue weighted by Crippen LogP contribution is -2.39. The van der Waals surface area contributed by atoms with Gasteiger partial charge in [0.2, 0.25) is 0 Å². The Morgan fingerprint density at radius 2 is 1.84 bits per heavy atom. The minimum absolute atomic E-state index is 0.253. The lowest BCUT2D eigenvalue weighted by Gasteiger charge is -2.35. The van der Waals surface area contributed by atoms with Crippen molar-refractivity contribution in [3.8, 4) is 6.01 Å². The Bertz CT molecular complexity index is 1340. The summed E-state index contributed by atoms with van der Waals surface area (Å²) >= 11 is 6.71. The van der Waals surface area contributed by atoms with E-state index in [4.69, 9.17) is 26.3 Å². The number of aromatic nitrogens is 2. The van der Waals surface area contributed by atoms with Gasteiger partial charge in [-0.05, 0) is 82.1 Å². The van der Waals surface area contributed by atoms with Crippen LogP contribution < -0.4 is 15.0 Å². The molecule has 1 saturated carbocycles. The van der Waals surface area contributed by atoms with Crippen molar-refractivity contribution in [2.75, 3.05) is 38.7 Å². The van der Waals surface area contributed by atoms with Gasteiger partial charge < -0.3 is 19.9 Å². The molecule has 7 heteroatoms. The number of nitrogens with zero attached hydrogens (tertiary/aromatic N) is 4. The van der Waals surface area contributed by atoms with Crippen LogP contribution in [0, 0.1) is 5.41 Å². The Labute approximate surface area is 230 Å². The zero-order chi connectivity index (χ0) is 25.9. The van der Waals surface area contributed by atoms with Crippen LogP contribution in [0.25, 0.3) is 10.8 Å². The second-order valence-corrected chi connectivity index (χ2v) is 12.8. The Kier molecular flexibility index (Phi) is 6.25. The number of hydrogen-bond acceptors (Lipinski definition) is 6. The van der Waals surface area contributed by atoms with Gasteiger partial charge in [0.25, 0.3) is 0 Å². The monoisotopic (exact) mass is 531 g/mol. The highest BCUT2D eigenvalue weighted by molar-refractivity contribution is 6.36. The molecule has 0 unspecified atom stereocenters. The summed E-state index contributed by atoms with van der Waals surface area (Å²) in [6.07, 6.45) is 8.32. The molecule has 0 radical (unpaired) electrons. The predicted octanol–water partition coefficient (Wildman–Crippen LogP) is 5.56. The predicted molar refractivity (Wildman–Crippen MR) is 153 cm³/mol. The zero-order valence-corrected chi connectivity index (χ0v) is 23.3. The molecule has 3 fully saturated rings. The van der Waals surface area contributed by atoms with Crippen LogP contribution in [0.1, 0.15) is 61.4 Å². The summed E-state index contributed by atoms with van der Waals surface area (Å²) in [6.45, 7) is 3.45. The zero-order valence-electron chi connectivity index (χ0n) is 22.5. The van der Waals surface area contributed by atoms with Crippen molar-refractivity contribution in [1.29, 1.82) is 0 Å². The number of hydrogen-bond donors (Lipinski definition) is 1. The summed E-state index contributed by atoms with van der Waals surface area (Å²) in [5.41, 5.74) is 5.19. The van der Waals surface area contributed by atoms with Gasteiger partial charge in [-0.25, -0.2) is 0 Å². The fourth-order valence-corrected chi connectivity index (χ4v) is 7.56. The molecule has 3 atom stereocenters. The maximum absolute atomic E-state index is 6.71. The molecule has 4 aliphatic rings. The van der Waals surface area contributed by atoms with Crippen LogP contribution in [0.5, 0.6) is 6.01 Å². The van der Waals surface area contributed by atoms with E-state index in [1.807, 2.05) is 12.1 Å². The summed E-state index contributed by atoms with van der Waals surface area (Å²) < 4.78 is 6.43. The number of piperidine rings is 1. The first-order valence-corrected chi connectivity index (χ1v) is 14.7. The van der Waals surface area contributed by atoms with Gasteiger partial charge in [0.05, 0.1) is 29.6 Å². The van der Waals surface area contributed by atoms with Gasteiger partial charge in [-0.3, -0.25) is 0 Å². The van der Waals surface area contributed by atoms with Crippen LogP contribution in [0.15, 0.2) is 36.4 Å². The number of fused-ring (bicyclic) bond motifs is 4. The molecule has 0 amide bonds. The number of nitrogens with one attached hydrogen (secondary N) is 1. The van der Waals surface area contributed by atoms with Crippen molar-refractivity contribution in [2.45, 2.75) is 69.5 Å². The molecule has 6 nitrogen and oxygen atoms in total. The molecular weight excluding hydrogens is 494 g/mol. The van der Waals surface area contributed by atoms with E-state index < -0.39 is 0 Å². The van der Waals surface area contributed by atoms with E-state index in [0.29, 0.717) is 30.6 Å². The minimum atomic E-state index is 0.253. The van der Waals surface area contributed by atoms with Crippen LogP contribution >= 0.6 is 11.6 Å². The third-order valence-electron chi connectivity index (χ3n) is 9.23. The quantitative estimate of drug-likeness (QED) is 0.430. The molecule has 1 aliphatic carbocycles. The smallest absolute Gasteiger partial charge is 0.316 e. The average Bonchev–Trinajstić information content (AvgIpc) is 3.59. The maximum atomic E-state index is 6.71. The Morgan fingerprint density at radius 1 is 1.08 bits per heavy atom. The maximum Gasteiger partial charge on any atom is 0.316 e. The van der Waals surface area contributed by atoms with Crippen LogP contribution in [-0.2, 0) is 13.0 Å². The Balaban J connectivity index is 1.22. The van der Waals surface area contributed by atoms with Crippen LogP contribution in [0.3, 0.4) is 0 Å². The average molecular weight is 532 g/mol. The van der Waals surface area contributed by atoms with Gasteiger partial charge in [0.15, 0.2) is 0 Å². The fourth-order valence-electron chi connectivity index (χ4n) is 7.28. The van der Waals surface area contributed by atoms with Crippen LogP contribution in [-0.4, -0.2) is 60.7 Å².